The number of aromatic amines is 1. The fourth-order valence-corrected chi connectivity index (χ4v) is 2.70. The highest BCUT2D eigenvalue weighted by Gasteiger charge is 2.31. The van der Waals surface area contributed by atoms with E-state index in [0.717, 1.165) is 42.6 Å². The highest BCUT2D eigenvalue weighted by Crippen LogP contribution is 2.39. The molecule has 1 amide bonds. The van der Waals surface area contributed by atoms with Gasteiger partial charge in [0, 0.05) is 17.5 Å². The van der Waals surface area contributed by atoms with Gasteiger partial charge >= 0.3 is 0 Å². The van der Waals surface area contributed by atoms with Crippen molar-refractivity contribution in [3.63, 3.8) is 0 Å². The molecule has 0 saturated heterocycles. The molecule has 2 aromatic rings. The van der Waals surface area contributed by atoms with Crippen LogP contribution in [0.4, 0.5) is 5.69 Å². The molecule has 2 N–H and O–H groups in total. The molecule has 1 aliphatic rings. The van der Waals surface area contributed by atoms with Crippen LogP contribution in [0.1, 0.15) is 31.9 Å². The number of ether oxygens (including phenoxy) is 2. The van der Waals surface area contributed by atoms with Gasteiger partial charge in [-0.15, -0.1) is 0 Å². The molecule has 6 nitrogen and oxygen atoms in total. The van der Waals surface area contributed by atoms with Gasteiger partial charge in [0.05, 0.1) is 25.6 Å². The van der Waals surface area contributed by atoms with E-state index in [-0.39, 0.29) is 11.8 Å². The molecule has 0 unspecified atom stereocenters. The summed E-state index contributed by atoms with van der Waals surface area (Å²) in [6.45, 7) is 2.10. The van der Waals surface area contributed by atoms with Crippen LogP contribution in [0.15, 0.2) is 18.2 Å². The van der Waals surface area contributed by atoms with E-state index in [1.165, 1.54) is 0 Å². The van der Waals surface area contributed by atoms with Gasteiger partial charge in [-0.25, -0.2) is 0 Å². The number of benzene rings is 1. The Morgan fingerprint density at radius 3 is 2.75 bits per heavy atom. The van der Waals surface area contributed by atoms with Crippen LogP contribution >= 0.6 is 0 Å². The Morgan fingerprint density at radius 1 is 1.33 bits per heavy atom. The lowest BCUT2D eigenvalue weighted by Gasteiger charge is -2.12. The molecular formula is C18H23N3O3. The SMILES string of the molecule is CCCc1[nH]nc(-c2ccc(OC)cc2OC)c1NC(=O)C1CC1. The lowest BCUT2D eigenvalue weighted by molar-refractivity contribution is -0.117. The van der Waals surface area contributed by atoms with Crippen LogP contribution < -0.4 is 14.8 Å². The Kier molecular flexibility index (Phi) is 4.74. The summed E-state index contributed by atoms with van der Waals surface area (Å²) in [6, 6.07) is 5.57. The summed E-state index contributed by atoms with van der Waals surface area (Å²) < 4.78 is 10.7. The summed E-state index contributed by atoms with van der Waals surface area (Å²) in [7, 11) is 3.23. The first-order valence-electron chi connectivity index (χ1n) is 8.28. The summed E-state index contributed by atoms with van der Waals surface area (Å²) in [5, 5.41) is 10.6. The van der Waals surface area contributed by atoms with Crippen LogP contribution in [-0.4, -0.2) is 30.3 Å². The average Bonchev–Trinajstić information content (AvgIpc) is 3.39. The molecule has 1 aromatic heterocycles. The van der Waals surface area contributed by atoms with E-state index in [2.05, 4.69) is 22.4 Å². The van der Waals surface area contributed by atoms with E-state index in [9.17, 15) is 4.79 Å². The van der Waals surface area contributed by atoms with Gasteiger partial charge in [0.1, 0.15) is 17.2 Å². The second-order valence-electron chi connectivity index (χ2n) is 6.01. The lowest BCUT2D eigenvalue weighted by Crippen LogP contribution is -2.14. The third kappa shape index (κ3) is 3.22. The normalized spacial score (nSPS) is 13.6. The molecule has 24 heavy (non-hydrogen) atoms. The van der Waals surface area contributed by atoms with Gasteiger partial charge in [-0.3, -0.25) is 9.89 Å². The molecular weight excluding hydrogens is 306 g/mol. The molecule has 1 aromatic carbocycles. The van der Waals surface area contributed by atoms with Crippen molar-refractivity contribution in [2.75, 3.05) is 19.5 Å². The van der Waals surface area contributed by atoms with Gasteiger partial charge < -0.3 is 14.8 Å². The number of carbonyl (C=O) groups excluding carboxylic acids is 1. The average molecular weight is 329 g/mol. The zero-order valence-corrected chi connectivity index (χ0v) is 14.3. The molecule has 0 aliphatic heterocycles. The Bertz CT molecular complexity index is 735. The number of hydrogen-bond donors (Lipinski definition) is 2. The standard InChI is InChI=1S/C18H23N3O3/c1-4-5-14-17(19-18(22)11-6-7-11)16(21-20-14)13-9-8-12(23-2)10-15(13)24-3/h8-11H,4-7H2,1-3H3,(H,19,22)(H,20,21). The van der Waals surface area contributed by atoms with E-state index < -0.39 is 0 Å². The first-order valence-corrected chi connectivity index (χ1v) is 8.28. The second kappa shape index (κ2) is 6.95. The zero-order valence-electron chi connectivity index (χ0n) is 14.3. The number of H-pyrrole nitrogens is 1. The Balaban J connectivity index is 2.01. The largest absolute Gasteiger partial charge is 0.497 e. The number of rotatable bonds is 7. The van der Waals surface area contributed by atoms with Crippen molar-refractivity contribution < 1.29 is 14.3 Å². The molecule has 0 spiro atoms. The number of anilines is 1. The van der Waals surface area contributed by atoms with Crippen LogP contribution in [0.2, 0.25) is 0 Å². The second-order valence-corrected chi connectivity index (χ2v) is 6.01. The number of nitrogens with one attached hydrogen (secondary N) is 2. The first kappa shape index (κ1) is 16.4. The summed E-state index contributed by atoms with van der Waals surface area (Å²) in [4.78, 5) is 12.3. The van der Waals surface area contributed by atoms with Crippen molar-refractivity contribution in [1.82, 2.24) is 10.2 Å². The number of aromatic nitrogens is 2. The predicted molar refractivity (Wildman–Crippen MR) is 92.5 cm³/mol. The summed E-state index contributed by atoms with van der Waals surface area (Å²) in [5.74, 6) is 1.58. The minimum absolute atomic E-state index is 0.0717. The van der Waals surface area contributed by atoms with Crippen molar-refractivity contribution >= 4 is 11.6 Å². The maximum Gasteiger partial charge on any atom is 0.227 e. The minimum atomic E-state index is 0.0717. The van der Waals surface area contributed by atoms with Crippen LogP contribution in [0.5, 0.6) is 11.5 Å². The third-order valence-corrected chi connectivity index (χ3v) is 4.20. The molecule has 1 heterocycles. The zero-order chi connectivity index (χ0) is 17.1. The number of carbonyl (C=O) groups is 1. The molecule has 0 bridgehead atoms. The van der Waals surface area contributed by atoms with Gasteiger partial charge in [0.15, 0.2) is 0 Å². The highest BCUT2D eigenvalue weighted by molar-refractivity contribution is 5.98. The summed E-state index contributed by atoms with van der Waals surface area (Å²) in [6.07, 6.45) is 3.72. The maximum atomic E-state index is 12.3. The quantitative estimate of drug-likeness (QED) is 0.816. The van der Waals surface area contributed by atoms with Gasteiger partial charge in [0.2, 0.25) is 5.91 Å². The molecule has 0 atom stereocenters. The van der Waals surface area contributed by atoms with Gasteiger partial charge in [0.25, 0.3) is 0 Å². The van der Waals surface area contributed by atoms with Crippen LogP contribution in [0.3, 0.4) is 0 Å². The molecule has 6 heteroatoms. The Morgan fingerprint density at radius 2 is 2.12 bits per heavy atom. The van der Waals surface area contributed by atoms with Gasteiger partial charge in [-0.2, -0.15) is 5.10 Å². The molecule has 1 fully saturated rings. The summed E-state index contributed by atoms with van der Waals surface area (Å²) >= 11 is 0. The monoisotopic (exact) mass is 329 g/mol. The molecule has 1 saturated carbocycles. The molecule has 0 radical (unpaired) electrons. The van der Waals surface area contributed by atoms with Crippen molar-refractivity contribution in [1.29, 1.82) is 0 Å². The maximum absolute atomic E-state index is 12.3. The fourth-order valence-electron chi connectivity index (χ4n) is 2.70. The first-order chi connectivity index (χ1) is 11.7. The molecule has 1 aliphatic carbocycles. The van der Waals surface area contributed by atoms with Crippen molar-refractivity contribution in [3.8, 4) is 22.8 Å². The smallest absolute Gasteiger partial charge is 0.227 e. The third-order valence-electron chi connectivity index (χ3n) is 4.20. The van der Waals surface area contributed by atoms with E-state index >= 15 is 0 Å². The summed E-state index contributed by atoms with van der Waals surface area (Å²) in [5.41, 5.74) is 3.23. The Hall–Kier alpha value is -2.50. The van der Waals surface area contributed by atoms with Crippen LogP contribution in [0.25, 0.3) is 11.3 Å². The number of methoxy groups -OCH3 is 2. The highest BCUT2D eigenvalue weighted by atomic mass is 16.5. The van der Waals surface area contributed by atoms with Gasteiger partial charge in [-0.05, 0) is 31.4 Å². The van der Waals surface area contributed by atoms with E-state index in [0.29, 0.717) is 17.2 Å². The number of aryl methyl sites for hydroxylation is 1. The van der Waals surface area contributed by atoms with E-state index in [1.54, 1.807) is 14.2 Å². The van der Waals surface area contributed by atoms with Crippen LogP contribution in [0, 0.1) is 5.92 Å². The minimum Gasteiger partial charge on any atom is -0.497 e. The fraction of sp³-hybridized carbons (Fsp3) is 0.444. The van der Waals surface area contributed by atoms with Crippen molar-refractivity contribution in [3.05, 3.63) is 23.9 Å². The van der Waals surface area contributed by atoms with Gasteiger partial charge in [-0.1, -0.05) is 13.3 Å². The van der Waals surface area contributed by atoms with Crippen LogP contribution in [-0.2, 0) is 11.2 Å². The number of hydrogen-bond acceptors (Lipinski definition) is 4. The predicted octanol–water partition coefficient (Wildman–Crippen LogP) is 3.39. The van der Waals surface area contributed by atoms with Crippen molar-refractivity contribution in [2.45, 2.75) is 32.6 Å². The molecule has 3 rings (SSSR count). The molecule has 128 valence electrons. The topological polar surface area (TPSA) is 76.2 Å². The number of nitrogens with zero attached hydrogens (tertiary/aromatic N) is 1. The lowest BCUT2D eigenvalue weighted by atomic mass is 10.1. The van der Waals surface area contributed by atoms with E-state index in [4.69, 9.17) is 9.47 Å². The van der Waals surface area contributed by atoms with E-state index in [1.807, 2.05) is 18.2 Å². The number of amides is 1. The Labute approximate surface area is 141 Å². The van der Waals surface area contributed by atoms with Crippen molar-refractivity contribution in [2.24, 2.45) is 5.92 Å².